The van der Waals surface area contributed by atoms with E-state index >= 15 is 0 Å². The predicted octanol–water partition coefficient (Wildman–Crippen LogP) is 2.47. The minimum absolute atomic E-state index is 0.0298. The fraction of sp³-hybridized carbons (Fsp3) is 0.684. The molecule has 2 heterocycles. The van der Waals surface area contributed by atoms with Gasteiger partial charge in [-0.15, -0.1) is 0 Å². The van der Waals surface area contributed by atoms with E-state index in [9.17, 15) is 4.79 Å². The summed E-state index contributed by atoms with van der Waals surface area (Å²) in [5.41, 5.74) is 0.710. The fourth-order valence-corrected chi connectivity index (χ4v) is 4.83. The summed E-state index contributed by atoms with van der Waals surface area (Å²) in [7, 11) is 0. The SMILES string of the molecule is CC(NC(=O)c1ccnc(N2CCOCC2)c1)C1CC2CCC1C2. The first-order valence-corrected chi connectivity index (χ1v) is 9.30. The van der Waals surface area contributed by atoms with E-state index in [4.69, 9.17) is 4.74 Å². The maximum Gasteiger partial charge on any atom is 0.251 e. The summed E-state index contributed by atoms with van der Waals surface area (Å²) < 4.78 is 5.38. The zero-order valence-corrected chi connectivity index (χ0v) is 14.4. The lowest BCUT2D eigenvalue weighted by Crippen LogP contribution is -2.40. The van der Waals surface area contributed by atoms with E-state index in [0.717, 1.165) is 44.0 Å². The second-order valence-electron chi connectivity index (χ2n) is 7.60. The third-order valence-electron chi connectivity index (χ3n) is 6.14. The van der Waals surface area contributed by atoms with Crippen molar-refractivity contribution in [2.75, 3.05) is 31.2 Å². The number of hydrogen-bond acceptors (Lipinski definition) is 4. The van der Waals surface area contributed by atoms with Crippen molar-refractivity contribution < 1.29 is 9.53 Å². The number of pyridine rings is 1. The number of anilines is 1. The number of nitrogens with zero attached hydrogens (tertiary/aromatic N) is 2. The van der Waals surface area contributed by atoms with Crippen LogP contribution in [0.25, 0.3) is 0 Å². The van der Waals surface area contributed by atoms with Crippen molar-refractivity contribution in [1.82, 2.24) is 10.3 Å². The number of rotatable bonds is 4. The Hall–Kier alpha value is -1.62. The van der Waals surface area contributed by atoms with Crippen molar-refractivity contribution in [3.63, 3.8) is 0 Å². The lowest BCUT2D eigenvalue weighted by atomic mass is 9.84. The quantitative estimate of drug-likeness (QED) is 0.922. The molecule has 4 unspecified atom stereocenters. The van der Waals surface area contributed by atoms with Gasteiger partial charge in [0.15, 0.2) is 0 Å². The van der Waals surface area contributed by atoms with Gasteiger partial charge in [0.05, 0.1) is 13.2 Å². The van der Waals surface area contributed by atoms with Gasteiger partial charge in [0.1, 0.15) is 5.82 Å². The minimum Gasteiger partial charge on any atom is -0.378 e. The second kappa shape index (κ2) is 6.71. The molecule has 0 radical (unpaired) electrons. The molecule has 3 aliphatic rings. The minimum atomic E-state index is 0.0298. The van der Waals surface area contributed by atoms with Crippen LogP contribution in [-0.4, -0.2) is 43.2 Å². The van der Waals surface area contributed by atoms with E-state index in [-0.39, 0.29) is 11.9 Å². The zero-order valence-electron chi connectivity index (χ0n) is 14.4. The number of carbonyl (C=O) groups excluding carboxylic acids is 1. The molecule has 1 N–H and O–H groups in total. The highest BCUT2D eigenvalue weighted by atomic mass is 16.5. The molecule has 4 rings (SSSR count). The van der Waals surface area contributed by atoms with Crippen LogP contribution in [0.1, 0.15) is 43.0 Å². The van der Waals surface area contributed by atoms with Gasteiger partial charge in [-0.05, 0) is 56.1 Å². The van der Waals surface area contributed by atoms with Crippen molar-refractivity contribution in [3.05, 3.63) is 23.9 Å². The summed E-state index contributed by atoms with van der Waals surface area (Å²) in [6, 6.07) is 3.98. The molecule has 24 heavy (non-hydrogen) atoms. The molecule has 1 aromatic heterocycles. The van der Waals surface area contributed by atoms with Crippen LogP contribution in [-0.2, 0) is 4.74 Å². The third kappa shape index (κ3) is 3.14. The Morgan fingerprint density at radius 3 is 2.88 bits per heavy atom. The molecule has 4 atom stereocenters. The molecule has 0 aromatic carbocycles. The largest absolute Gasteiger partial charge is 0.378 e. The van der Waals surface area contributed by atoms with Crippen LogP contribution in [0.4, 0.5) is 5.82 Å². The topological polar surface area (TPSA) is 54.5 Å². The number of morpholine rings is 1. The number of aromatic nitrogens is 1. The Bertz CT molecular complexity index is 600. The first-order chi connectivity index (χ1) is 11.7. The predicted molar refractivity (Wildman–Crippen MR) is 93.1 cm³/mol. The van der Waals surface area contributed by atoms with E-state index in [2.05, 4.69) is 22.1 Å². The van der Waals surface area contributed by atoms with Gasteiger partial charge in [0.25, 0.3) is 5.91 Å². The average molecular weight is 329 g/mol. The molecule has 1 aromatic rings. The Morgan fingerprint density at radius 2 is 2.17 bits per heavy atom. The number of carbonyl (C=O) groups is 1. The smallest absolute Gasteiger partial charge is 0.251 e. The molecule has 3 fully saturated rings. The van der Waals surface area contributed by atoms with Crippen molar-refractivity contribution in [1.29, 1.82) is 0 Å². The van der Waals surface area contributed by atoms with Gasteiger partial charge < -0.3 is 15.0 Å². The Morgan fingerprint density at radius 1 is 1.33 bits per heavy atom. The van der Waals surface area contributed by atoms with E-state index in [1.165, 1.54) is 25.7 Å². The molecule has 1 amide bonds. The first-order valence-electron chi connectivity index (χ1n) is 9.30. The van der Waals surface area contributed by atoms with Crippen molar-refractivity contribution in [3.8, 4) is 0 Å². The highest BCUT2D eigenvalue weighted by Gasteiger charge is 2.42. The maximum absolute atomic E-state index is 12.7. The molecule has 5 heteroatoms. The molecule has 0 spiro atoms. The summed E-state index contributed by atoms with van der Waals surface area (Å²) in [5.74, 6) is 3.30. The van der Waals surface area contributed by atoms with Crippen LogP contribution in [0, 0.1) is 17.8 Å². The zero-order chi connectivity index (χ0) is 16.5. The molecular formula is C19H27N3O2. The van der Waals surface area contributed by atoms with Crippen LogP contribution in [0.2, 0.25) is 0 Å². The van der Waals surface area contributed by atoms with Gasteiger partial charge in [-0.1, -0.05) is 6.42 Å². The Labute approximate surface area is 143 Å². The monoisotopic (exact) mass is 329 g/mol. The third-order valence-corrected chi connectivity index (χ3v) is 6.14. The Kier molecular flexibility index (Phi) is 4.44. The Balaban J connectivity index is 1.40. The summed E-state index contributed by atoms with van der Waals surface area (Å²) in [6.45, 7) is 5.28. The number of fused-ring (bicyclic) bond motifs is 2. The van der Waals surface area contributed by atoms with Crippen LogP contribution >= 0.6 is 0 Å². The lowest BCUT2D eigenvalue weighted by molar-refractivity contribution is 0.0915. The number of hydrogen-bond donors (Lipinski definition) is 1. The fourth-order valence-electron chi connectivity index (χ4n) is 4.83. The van der Waals surface area contributed by atoms with Crippen LogP contribution in [0.5, 0.6) is 0 Å². The molecule has 1 aliphatic heterocycles. The van der Waals surface area contributed by atoms with E-state index < -0.39 is 0 Å². The molecule has 130 valence electrons. The highest BCUT2D eigenvalue weighted by molar-refractivity contribution is 5.95. The van der Waals surface area contributed by atoms with Gasteiger partial charge in [0.2, 0.25) is 0 Å². The molecule has 2 bridgehead atoms. The molecule has 2 aliphatic carbocycles. The van der Waals surface area contributed by atoms with E-state index in [0.29, 0.717) is 11.5 Å². The van der Waals surface area contributed by atoms with Crippen LogP contribution in [0.15, 0.2) is 18.3 Å². The van der Waals surface area contributed by atoms with E-state index in [1.807, 2.05) is 12.1 Å². The van der Waals surface area contributed by atoms with Crippen LogP contribution < -0.4 is 10.2 Å². The standard InChI is InChI=1S/C19H27N3O2/c1-13(17-11-14-2-3-15(17)10-14)21-19(23)16-4-5-20-18(12-16)22-6-8-24-9-7-22/h4-5,12-15,17H,2-3,6-11H2,1H3,(H,21,23). The van der Waals surface area contributed by atoms with Gasteiger partial charge in [-0.2, -0.15) is 0 Å². The van der Waals surface area contributed by atoms with Gasteiger partial charge in [0, 0.05) is 30.9 Å². The van der Waals surface area contributed by atoms with E-state index in [1.54, 1.807) is 6.20 Å². The number of nitrogens with one attached hydrogen (secondary N) is 1. The van der Waals surface area contributed by atoms with Gasteiger partial charge in [-0.25, -0.2) is 4.98 Å². The first kappa shape index (κ1) is 15.9. The summed E-state index contributed by atoms with van der Waals surface area (Å²) >= 11 is 0. The highest BCUT2D eigenvalue weighted by Crippen LogP contribution is 2.49. The molecule has 2 saturated carbocycles. The van der Waals surface area contributed by atoms with Gasteiger partial charge in [-0.3, -0.25) is 4.79 Å². The lowest BCUT2D eigenvalue weighted by Gasteiger charge is -2.29. The van der Waals surface area contributed by atoms with Crippen molar-refractivity contribution in [2.45, 2.75) is 38.6 Å². The van der Waals surface area contributed by atoms with Crippen LogP contribution in [0.3, 0.4) is 0 Å². The molecule has 1 saturated heterocycles. The number of amides is 1. The summed E-state index contributed by atoms with van der Waals surface area (Å²) in [5, 5.41) is 3.24. The van der Waals surface area contributed by atoms with Gasteiger partial charge >= 0.3 is 0 Å². The van der Waals surface area contributed by atoms with Crippen molar-refractivity contribution >= 4 is 11.7 Å². The molecular weight excluding hydrogens is 302 g/mol. The normalized spacial score (nSPS) is 30.4. The second-order valence-corrected chi connectivity index (χ2v) is 7.60. The maximum atomic E-state index is 12.7. The summed E-state index contributed by atoms with van der Waals surface area (Å²) in [6.07, 6.45) is 7.16. The molecule has 5 nitrogen and oxygen atoms in total. The average Bonchev–Trinajstić information content (AvgIpc) is 3.26. The number of ether oxygens (including phenoxy) is 1. The van der Waals surface area contributed by atoms with Crippen molar-refractivity contribution in [2.24, 2.45) is 17.8 Å². The summed E-state index contributed by atoms with van der Waals surface area (Å²) in [4.78, 5) is 19.3.